The molecule has 2 heterocycles. The number of carbonyl (C=O) groups excluding carboxylic acids is 1. The SMILES string of the molecule is CNS(=O)(=O)C1CCN(C(=O)CCn2ccc3cc(Cl)ccc32)CC1.[HH]. The van der Waals surface area contributed by atoms with E-state index in [4.69, 9.17) is 11.6 Å². The Hall–Kier alpha value is -1.57. The van der Waals surface area contributed by atoms with Crippen molar-refractivity contribution >= 4 is 38.4 Å². The third kappa shape index (κ3) is 3.99. The third-order valence-electron chi connectivity index (χ3n) is 4.82. The van der Waals surface area contributed by atoms with Crippen LogP contribution in [0.25, 0.3) is 10.9 Å². The summed E-state index contributed by atoms with van der Waals surface area (Å²) in [6.45, 7) is 1.58. The number of nitrogens with zero attached hydrogens (tertiary/aromatic N) is 2. The fourth-order valence-electron chi connectivity index (χ4n) is 3.32. The van der Waals surface area contributed by atoms with E-state index in [-0.39, 0.29) is 7.33 Å². The zero-order valence-electron chi connectivity index (χ0n) is 14.1. The molecule has 1 amide bonds. The molecule has 1 aliphatic rings. The number of hydrogen-bond acceptors (Lipinski definition) is 3. The Balaban J connectivity index is 0.00000243. The molecule has 2 aromatic rings. The normalized spacial score (nSPS) is 16.5. The molecule has 0 radical (unpaired) electrons. The van der Waals surface area contributed by atoms with Gasteiger partial charge in [-0.25, -0.2) is 13.1 Å². The van der Waals surface area contributed by atoms with E-state index in [2.05, 4.69) is 4.72 Å². The van der Waals surface area contributed by atoms with Crippen molar-refractivity contribution in [2.45, 2.75) is 31.1 Å². The fourth-order valence-corrected chi connectivity index (χ4v) is 4.67. The molecule has 1 saturated heterocycles. The van der Waals surface area contributed by atoms with Crippen LogP contribution in [0.3, 0.4) is 0 Å². The average molecular weight is 386 g/mol. The summed E-state index contributed by atoms with van der Waals surface area (Å²) in [5.74, 6) is 0.0659. The molecule has 0 saturated carbocycles. The van der Waals surface area contributed by atoms with Crippen LogP contribution in [-0.4, -0.2) is 49.2 Å². The summed E-state index contributed by atoms with van der Waals surface area (Å²) in [6, 6.07) is 7.69. The number of rotatable bonds is 5. The number of aryl methyl sites for hydroxylation is 1. The largest absolute Gasteiger partial charge is 0.347 e. The smallest absolute Gasteiger partial charge is 0.224 e. The van der Waals surface area contributed by atoms with Crippen LogP contribution in [0.15, 0.2) is 30.5 Å². The second-order valence-electron chi connectivity index (χ2n) is 6.29. The van der Waals surface area contributed by atoms with Crippen molar-refractivity contribution in [3.05, 3.63) is 35.5 Å². The maximum Gasteiger partial charge on any atom is 0.224 e. The lowest BCUT2D eigenvalue weighted by Gasteiger charge is -2.31. The summed E-state index contributed by atoms with van der Waals surface area (Å²) in [5.41, 5.74) is 1.05. The number of carbonyl (C=O) groups is 1. The van der Waals surface area contributed by atoms with Crippen molar-refractivity contribution in [1.82, 2.24) is 14.2 Å². The van der Waals surface area contributed by atoms with E-state index in [9.17, 15) is 13.2 Å². The number of amides is 1. The molecule has 138 valence electrons. The molecule has 8 heteroatoms. The topological polar surface area (TPSA) is 71.4 Å². The van der Waals surface area contributed by atoms with Gasteiger partial charge in [0, 0.05) is 49.6 Å². The minimum absolute atomic E-state index is 0. The van der Waals surface area contributed by atoms with E-state index in [1.165, 1.54) is 7.05 Å². The van der Waals surface area contributed by atoms with Crippen LogP contribution in [0.1, 0.15) is 20.7 Å². The Labute approximate surface area is 154 Å². The second-order valence-corrected chi connectivity index (χ2v) is 8.89. The highest BCUT2D eigenvalue weighted by molar-refractivity contribution is 7.90. The molecule has 1 N–H and O–H groups in total. The van der Waals surface area contributed by atoms with Crippen LogP contribution in [0.2, 0.25) is 5.02 Å². The molecule has 3 rings (SSSR count). The Morgan fingerprint density at radius 1 is 1.32 bits per heavy atom. The summed E-state index contributed by atoms with van der Waals surface area (Å²) in [7, 11) is -1.82. The van der Waals surface area contributed by atoms with E-state index >= 15 is 0 Å². The van der Waals surface area contributed by atoms with Crippen molar-refractivity contribution in [3.63, 3.8) is 0 Å². The molecule has 1 aliphatic heterocycles. The van der Waals surface area contributed by atoms with Gasteiger partial charge in [0.05, 0.1) is 5.25 Å². The molecular formula is C17H24ClN3O3S. The molecule has 0 unspecified atom stereocenters. The Morgan fingerprint density at radius 2 is 2.04 bits per heavy atom. The highest BCUT2D eigenvalue weighted by Gasteiger charge is 2.30. The van der Waals surface area contributed by atoms with Gasteiger partial charge in [-0.2, -0.15) is 0 Å². The Kier molecular flexibility index (Phi) is 5.36. The molecular weight excluding hydrogens is 362 g/mol. The summed E-state index contributed by atoms with van der Waals surface area (Å²) < 4.78 is 28.1. The average Bonchev–Trinajstić information content (AvgIpc) is 3.01. The first-order chi connectivity index (χ1) is 11.9. The first-order valence-corrected chi connectivity index (χ1v) is 10.3. The molecule has 0 atom stereocenters. The number of likely N-dealkylation sites (tertiary alicyclic amines) is 1. The molecule has 0 bridgehead atoms. The number of hydrogen-bond donors (Lipinski definition) is 1. The van der Waals surface area contributed by atoms with Gasteiger partial charge in [-0.1, -0.05) is 11.6 Å². The lowest BCUT2D eigenvalue weighted by atomic mass is 10.1. The van der Waals surface area contributed by atoms with Gasteiger partial charge < -0.3 is 9.47 Å². The molecule has 1 fully saturated rings. The van der Waals surface area contributed by atoms with Crippen molar-refractivity contribution in [3.8, 4) is 0 Å². The minimum Gasteiger partial charge on any atom is -0.347 e. The van der Waals surface area contributed by atoms with Crippen LogP contribution in [0, 0.1) is 0 Å². The number of benzene rings is 1. The fraction of sp³-hybridized carbons (Fsp3) is 0.471. The van der Waals surface area contributed by atoms with Gasteiger partial charge in [0.1, 0.15) is 0 Å². The molecule has 6 nitrogen and oxygen atoms in total. The third-order valence-corrected chi connectivity index (χ3v) is 6.97. The first-order valence-electron chi connectivity index (χ1n) is 8.35. The second kappa shape index (κ2) is 7.35. The molecule has 25 heavy (non-hydrogen) atoms. The molecule has 0 spiro atoms. The van der Waals surface area contributed by atoms with Crippen LogP contribution in [0.5, 0.6) is 0 Å². The Bertz CT molecular complexity index is 877. The van der Waals surface area contributed by atoms with Crippen LogP contribution in [-0.2, 0) is 21.4 Å². The zero-order valence-corrected chi connectivity index (χ0v) is 15.7. The molecule has 1 aromatic heterocycles. The van der Waals surface area contributed by atoms with Crippen LogP contribution in [0.4, 0.5) is 0 Å². The molecule has 0 aliphatic carbocycles. The Morgan fingerprint density at radius 3 is 2.72 bits per heavy atom. The van der Waals surface area contributed by atoms with Gasteiger partial charge in [-0.05, 0) is 44.2 Å². The zero-order chi connectivity index (χ0) is 18.0. The van der Waals surface area contributed by atoms with Crippen molar-refractivity contribution in [2.75, 3.05) is 20.1 Å². The maximum atomic E-state index is 12.4. The summed E-state index contributed by atoms with van der Waals surface area (Å²) in [4.78, 5) is 14.2. The quantitative estimate of drug-likeness (QED) is 0.859. The van der Waals surface area contributed by atoms with Gasteiger partial charge >= 0.3 is 0 Å². The summed E-state index contributed by atoms with van der Waals surface area (Å²) in [6.07, 6.45) is 3.33. The predicted octanol–water partition coefficient (Wildman–Crippen LogP) is 2.47. The number of nitrogens with one attached hydrogen (secondary N) is 1. The minimum atomic E-state index is -3.25. The van der Waals surface area contributed by atoms with Crippen LogP contribution >= 0.6 is 11.6 Å². The van der Waals surface area contributed by atoms with Gasteiger partial charge in [0.15, 0.2) is 0 Å². The first kappa shape index (κ1) is 18.2. The number of halogens is 1. The van der Waals surface area contributed by atoms with E-state index in [1.54, 1.807) is 4.90 Å². The summed E-state index contributed by atoms with van der Waals surface area (Å²) in [5, 5.41) is 1.35. The standard InChI is InChI=1S/C17H22ClN3O3S.H2/c1-19-25(23,24)15-5-9-21(10-6-15)17(22)7-11-20-8-4-13-12-14(18)2-3-16(13)20;/h2-4,8,12,15,19H,5-7,9-11H2,1H3;1H. The van der Waals surface area contributed by atoms with Gasteiger partial charge in [0.2, 0.25) is 15.9 Å². The highest BCUT2D eigenvalue weighted by Crippen LogP contribution is 2.21. The number of aromatic nitrogens is 1. The van der Waals surface area contributed by atoms with Crippen molar-refractivity contribution in [1.29, 1.82) is 0 Å². The van der Waals surface area contributed by atoms with E-state index in [0.29, 0.717) is 43.9 Å². The van der Waals surface area contributed by atoms with E-state index < -0.39 is 15.3 Å². The number of fused-ring (bicyclic) bond motifs is 1. The van der Waals surface area contributed by atoms with Crippen molar-refractivity contribution < 1.29 is 14.6 Å². The van der Waals surface area contributed by atoms with Gasteiger partial charge in [-0.3, -0.25) is 4.79 Å². The van der Waals surface area contributed by atoms with Gasteiger partial charge in [-0.15, -0.1) is 0 Å². The van der Waals surface area contributed by atoms with Crippen LogP contribution < -0.4 is 4.72 Å². The van der Waals surface area contributed by atoms with E-state index in [1.807, 2.05) is 35.0 Å². The van der Waals surface area contributed by atoms with E-state index in [0.717, 1.165) is 10.9 Å². The number of piperidine rings is 1. The van der Waals surface area contributed by atoms with Crippen molar-refractivity contribution in [2.24, 2.45) is 0 Å². The lowest BCUT2D eigenvalue weighted by molar-refractivity contribution is -0.132. The van der Waals surface area contributed by atoms with Gasteiger partial charge in [0.25, 0.3) is 0 Å². The summed E-state index contributed by atoms with van der Waals surface area (Å²) >= 11 is 5.99. The lowest BCUT2D eigenvalue weighted by Crippen LogP contribution is -2.45. The predicted molar refractivity (Wildman–Crippen MR) is 101 cm³/mol. The molecule has 1 aromatic carbocycles. The maximum absolute atomic E-state index is 12.4. The monoisotopic (exact) mass is 385 g/mol. The highest BCUT2D eigenvalue weighted by atomic mass is 35.5. The number of sulfonamides is 1.